The number of aromatic nitrogens is 2. The van der Waals surface area contributed by atoms with Crippen molar-refractivity contribution in [2.75, 3.05) is 11.1 Å². The first-order valence-electron chi connectivity index (χ1n) is 8.14. The standard InChI is InChI=1S/C18H16ClN3OS2/c19-11-5-6-15-13(9-11)17(12-3-1-2-4-14(12)21-15)25-10-16(23)22-18-20-7-8-24-18/h5-9H,1-4,10H2,(H,20,22,23). The summed E-state index contributed by atoms with van der Waals surface area (Å²) in [5.41, 5.74) is 3.41. The van der Waals surface area contributed by atoms with E-state index in [2.05, 4.69) is 10.3 Å². The molecule has 2 aromatic heterocycles. The van der Waals surface area contributed by atoms with E-state index in [0.717, 1.165) is 28.6 Å². The van der Waals surface area contributed by atoms with Crippen LogP contribution in [0.2, 0.25) is 5.02 Å². The number of anilines is 1. The number of carbonyl (C=O) groups is 1. The fourth-order valence-electron chi connectivity index (χ4n) is 3.10. The SMILES string of the molecule is O=C(CSc1c2c(nc3ccc(Cl)cc13)CCCC2)Nc1nccs1. The first-order chi connectivity index (χ1) is 12.2. The van der Waals surface area contributed by atoms with Crippen molar-refractivity contribution in [2.24, 2.45) is 0 Å². The molecule has 1 amide bonds. The quantitative estimate of drug-likeness (QED) is 0.641. The largest absolute Gasteiger partial charge is 0.301 e. The number of pyridine rings is 1. The van der Waals surface area contributed by atoms with Crippen molar-refractivity contribution in [3.05, 3.63) is 46.1 Å². The Balaban J connectivity index is 1.64. The molecule has 25 heavy (non-hydrogen) atoms. The van der Waals surface area contributed by atoms with Gasteiger partial charge in [0, 0.05) is 32.6 Å². The lowest BCUT2D eigenvalue weighted by atomic mass is 9.94. The molecule has 0 fully saturated rings. The Morgan fingerprint density at radius 2 is 2.20 bits per heavy atom. The van der Waals surface area contributed by atoms with E-state index >= 15 is 0 Å². The molecule has 4 rings (SSSR count). The van der Waals surface area contributed by atoms with Crippen LogP contribution in [0.4, 0.5) is 5.13 Å². The van der Waals surface area contributed by atoms with Gasteiger partial charge in [0.05, 0.1) is 11.3 Å². The normalized spacial score (nSPS) is 13.6. The number of aryl methyl sites for hydroxylation is 1. The van der Waals surface area contributed by atoms with E-state index in [1.165, 1.54) is 35.4 Å². The number of nitrogens with one attached hydrogen (secondary N) is 1. The molecule has 2 heterocycles. The van der Waals surface area contributed by atoms with Gasteiger partial charge in [0.2, 0.25) is 5.91 Å². The third-order valence-electron chi connectivity index (χ3n) is 4.20. The molecule has 0 saturated carbocycles. The second-order valence-electron chi connectivity index (χ2n) is 5.91. The fraction of sp³-hybridized carbons (Fsp3) is 0.278. The van der Waals surface area contributed by atoms with Gasteiger partial charge in [0.1, 0.15) is 0 Å². The van der Waals surface area contributed by atoms with Gasteiger partial charge in [-0.2, -0.15) is 0 Å². The number of carbonyl (C=O) groups excluding carboxylic acids is 1. The molecule has 0 spiro atoms. The lowest BCUT2D eigenvalue weighted by molar-refractivity contribution is -0.113. The Kier molecular flexibility index (Phi) is 4.92. The monoisotopic (exact) mass is 389 g/mol. The lowest BCUT2D eigenvalue weighted by Crippen LogP contribution is -2.14. The highest BCUT2D eigenvalue weighted by atomic mass is 35.5. The van der Waals surface area contributed by atoms with Crippen LogP contribution in [0.3, 0.4) is 0 Å². The van der Waals surface area contributed by atoms with E-state index in [1.54, 1.807) is 18.0 Å². The highest BCUT2D eigenvalue weighted by Gasteiger charge is 2.19. The van der Waals surface area contributed by atoms with Gasteiger partial charge in [-0.25, -0.2) is 4.98 Å². The number of rotatable bonds is 4. The molecule has 1 aromatic carbocycles. The Labute approximate surface area is 159 Å². The van der Waals surface area contributed by atoms with E-state index in [4.69, 9.17) is 16.6 Å². The molecular weight excluding hydrogens is 374 g/mol. The predicted molar refractivity (Wildman–Crippen MR) is 105 cm³/mol. The van der Waals surface area contributed by atoms with Crippen molar-refractivity contribution >= 4 is 56.6 Å². The van der Waals surface area contributed by atoms with E-state index in [-0.39, 0.29) is 5.91 Å². The van der Waals surface area contributed by atoms with Crippen LogP contribution < -0.4 is 5.32 Å². The third-order valence-corrected chi connectivity index (χ3v) is 6.28. The van der Waals surface area contributed by atoms with Crippen molar-refractivity contribution < 1.29 is 4.79 Å². The Morgan fingerprint density at radius 1 is 1.32 bits per heavy atom. The number of fused-ring (bicyclic) bond motifs is 2. The van der Waals surface area contributed by atoms with Gasteiger partial charge in [0.25, 0.3) is 0 Å². The van der Waals surface area contributed by atoms with Crippen LogP contribution in [0.15, 0.2) is 34.7 Å². The third kappa shape index (κ3) is 3.66. The molecule has 1 aliphatic rings. The van der Waals surface area contributed by atoms with E-state index < -0.39 is 0 Å². The van der Waals surface area contributed by atoms with Crippen LogP contribution in [0.25, 0.3) is 10.9 Å². The highest BCUT2D eigenvalue weighted by Crippen LogP contribution is 2.37. The average Bonchev–Trinajstić information content (AvgIpc) is 3.12. The summed E-state index contributed by atoms with van der Waals surface area (Å²) < 4.78 is 0. The van der Waals surface area contributed by atoms with Gasteiger partial charge >= 0.3 is 0 Å². The van der Waals surface area contributed by atoms with Gasteiger partial charge in [-0.15, -0.1) is 23.1 Å². The summed E-state index contributed by atoms with van der Waals surface area (Å²) in [6.07, 6.45) is 6.05. The maximum atomic E-state index is 12.2. The molecule has 7 heteroatoms. The zero-order valence-electron chi connectivity index (χ0n) is 13.4. The molecular formula is C18H16ClN3OS2. The smallest absolute Gasteiger partial charge is 0.236 e. The topological polar surface area (TPSA) is 54.9 Å². The predicted octanol–water partition coefficient (Wildman–Crippen LogP) is 4.95. The van der Waals surface area contributed by atoms with Gasteiger partial charge in [-0.3, -0.25) is 9.78 Å². The van der Waals surface area contributed by atoms with Gasteiger partial charge < -0.3 is 5.32 Å². The highest BCUT2D eigenvalue weighted by molar-refractivity contribution is 8.00. The van der Waals surface area contributed by atoms with Crippen LogP contribution >= 0.6 is 34.7 Å². The molecule has 0 unspecified atom stereocenters. The second-order valence-corrected chi connectivity index (χ2v) is 8.23. The number of nitrogens with zero attached hydrogens (tertiary/aromatic N) is 2. The minimum absolute atomic E-state index is 0.0449. The summed E-state index contributed by atoms with van der Waals surface area (Å²) in [6, 6.07) is 5.79. The molecule has 1 aliphatic carbocycles. The molecule has 0 aliphatic heterocycles. The molecule has 4 nitrogen and oxygen atoms in total. The zero-order chi connectivity index (χ0) is 17.2. The summed E-state index contributed by atoms with van der Waals surface area (Å²) in [5, 5.41) is 7.05. The summed E-state index contributed by atoms with van der Waals surface area (Å²) in [6.45, 7) is 0. The summed E-state index contributed by atoms with van der Waals surface area (Å²) >= 11 is 9.20. The number of hydrogen-bond donors (Lipinski definition) is 1. The minimum atomic E-state index is -0.0449. The van der Waals surface area contributed by atoms with Crippen LogP contribution in [0.5, 0.6) is 0 Å². The number of hydrogen-bond acceptors (Lipinski definition) is 5. The van der Waals surface area contributed by atoms with E-state index in [1.807, 2.05) is 23.6 Å². The zero-order valence-corrected chi connectivity index (χ0v) is 15.8. The van der Waals surface area contributed by atoms with Crippen molar-refractivity contribution in [3.63, 3.8) is 0 Å². The van der Waals surface area contributed by atoms with Crippen LogP contribution in [0.1, 0.15) is 24.1 Å². The Morgan fingerprint density at radius 3 is 3.04 bits per heavy atom. The minimum Gasteiger partial charge on any atom is -0.301 e. The first kappa shape index (κ1) is 16.8. The molecule has 3 aromatic rings. The summed E-state index contributed by atoms with van der Waals surface area (Å²) in [7, 11) is 0. The maximum Gasteiger partial charge on any atom is 0.236 e. The van der Waals surface area contributed by atoms with Crippen LogP contribution in [0, 0.1) is 0 Å². The number of halogens is 1. The molecule has 1 N–H and O–H groups in total. The average molecular weight is 390 g/mol. The number of thioether (sulfide) groups is 1. The Bertz CT molecular complexity index is 928. The van der Waals surface area contributed by atoms with Crippen molar-refractivity contribution in [1.29, 1.82) is 0 Å². The molecule has 0 bridgehead atoms. The molecule has 128 valence electrons. The fourth-order valence-corrected chi connectivity index (χ4v) is 4.87. The summed E-state index contributed by atoms with van der Waals surface area (Å²) in [4.78, 5) is 22.3. The van der Waals surface area contributed by atoms with Gasteiger partial charge in [-0.05, 0) is 49.4 Å². The van der Waals surface area contributed by atoms with Gasteiger partial charge in [0.15, 0.2) is 5.13 Å². The molecule has 0 radical (unpaired) electrons. The van der Waals surface area contributed by atoms with Crippen molar-refractivity contribution in [3.8, 4) is 0 Å². The Hall–Kier alpha value is -1.63. The van der Waals surface area contributed by atoms with E-state index in [9.17, 15) is 4.79 Å². The molecule has 0 saturated heterocycles. The molecule has 0 atom stereocenters. The van der Waals surface area contributed by atoms with Crippen molar-refractivity contribution in [2.45, 2.75) is 30.6 Å². The number of benzene rings is 1. The van der Waals surface area contributed by atoms with E-state index in [0.29, 0.717) is 15.9 Å². The summed E-state index contributed by atoms with van der Waals surface area (Å²) in [5.74, 6) is 0.300. The number of amides is 1. The lowest BCUT2D eigenvalue weighted by Gasteiger charge is -2.20. The van der Waals surface area contributed by atoms with Crippen LogP contribution in [-0.4, -0.2) is 21.6 Å². The first-order valence-corrected chi connectivity index (χ1v) is 10.4. The maximum absolute atomic E-state index is 12.2. The second kappa shape index (κ2) is 7.32. The van der Waals surface area contributed by atoms with Crippen LogP contribution in [-0.2, 0) is 17.6 Å². The van der Waals surface area contributed by atoms with Crippen molar-refractivity contribution in [1.82, 2.24) is 9.97 Å². The number of thiazole rings is 1. The van der Waals surface area contributed by atoms with Gasteiger partial charge in [-0.1, -0.05) is 11.6 Å².